The van der Waals surface area contributed by atoms with Crippen molar-refractivity contribution in [1.82, 2.24) is 0 Å². The summed E-state index contributed by atoms with van der Waals surface area (Å²) in [5.41, 5.74) is 5.69. The summed E-state index contributed by atoms with van der Waals surface area (Å²) in [6.07, 6.45) is 7.20. The van der Waals surface area contributed by atoms with Gasteiger partial charge >= 0.3 is 0 Å². The maximum atomic E-state index is 5.69. The van der Waals surface area contributed by atoms with Crippen molar-refractivity contribution in [1.29, 1.82) is 0 Å². The van der Waals surface area contributed by atoms with Crippen LogP contribution in [0.3, 0.4) is 0 Å². The zero-order chi connectivity index (χ0) is 9.10. The first kappa shape index (κ1) is 9.85. The summed E-state index contributed by atoms with van der Waals surface area (Å²) >= 11 is 2.16. The van der Waals surface area contributed by atoms with Gasteiger partial charge in [-0.15, -0.1) is 0 Å². The number of nitrogens with two attached hydrogens (primary N) is 1. The molecular formula is C11H21NS. The molecule has 1 saturated carbocycles. The van der Waals surface area contributed by atoms with Gasteiger partial charge < -0.3 is 5.73 Å². The minimum Gasteiger partial charge on any atom is -0.330 e. The molecule has 2 aliphatic rings. The summed E-state index contributed by atoms with van der Waals surface area (Å²) in [6, 6.07) is 0. The zero-order valence-electron chi connectivity index (χ0n) is 8.37. The van der Waals surface area contributed by atoms with Gasteiger partial charge in [-0.25, -0.2) is 0 Å². The van der Waals surface area contributed by atoms with Crippen molar-refractivity contribution in [3.63, 3.8) is 0 Å². The van der Waals surface area contributed by atoms with Crippen molar-refractivity contribution in [3.8, 4) is 0 Å². The predicted molar refractivity (Wildman–Crippen MR) is 59.9 cm³/mol. The van der Waals surface area contributed by atoms with Crippen LogP contribution in [0.1, 0.15) is 32.1 Å². The molecule has 1 nitrogen and oxygen atoms in total. The van der Waals surface area contributed by atoms with E-state index in [4.69, 9.17) is 5.73 Å². The Morgan fingerprint density at radius 2 is 2.08 bits per heavy atom. The molecule has 2 N–H and O–H groups in total. The summed E-state index contributed by atoms with van der Waals surface area (Å²) in [5, 5.41) is 0. The quantitative estimate of drug-likeness (QED) is 0.753. The van der Waals surface area contributed by atoms with Crippen LogP contribution >= 0.6 is 11.8 Å². The summed E-state index contributed by atoms with van der Waals surface area (Å²) in [6.45, 7) is 0.905. The van der Waals surface area contributed by atoms with Crippen molar-refractivity contribution in [3.05, 3.63) is 0 Å². The Kier molecular flexibility index (Phi) is 3.56. The lowest BCUT2D eigenvalue weighted by Crippen LogP contribution is -2.24. The smallest absolute Gasteiger partial charge is 0.00364 e. The Labute approximate surface area is 85.8 Å². The molecule has 2 heteroatoms. The number of thioether (sulfide) groups is 1. The molecule has 1 aliphatic carbocycles. The van der Waals surface area contributed by atoms with Gasteiger partial charge in [0.25, 0.3) is 0 Å². The molecule has 0 aromatic carbocycles. The average Bonchev–Trinajstić information content (AvgIpc) is 2.99. The highest BCUT2D eigenvalue weighted by Crippen LogP contribution is 2.45. The predicted octanol–water partition coefficient (Wildman–Crippen LogP) is 2.50. The Morgan fingerprint density at radius 3 is 2.62 bits per heavy atom. The molecule has 0 amide bonds. The van der Waals surface area contributed by atoms with Gasteiger partial charge in [0.2, 0.25) is 0 Å². The minimum atomic E-state index is 0.905. The van der Waals surface area contributed by atoms with Gasteiger partial charge in [-0.05, 0) is 67.9 Å². The zero-order valence-corrected chi connectivity index (χ0v) is 9.19. The molecule has 0 aromatic heterocycles. The molecule has 2 fully saturated rings. The first-order valence-electron chi connectivity index (χ1n) is 5.69. The van der Waals surface area contributed by atoms with E-state index in [0.29, 0.717) is 0 Å². The van der Waals surface area contributed by atoms with Gasteiger partial charge in [0.05, 0.1) is 0 Å². The normalized spacial score (nSPS) is 31.6. The highest BCUT2D eigenvalue weighted by Gasteiger charge is 2.36. The average molecular weight is 199 g/mol. The van der Waals surface area contributed by atoms with Gasteiger partial charge in [-0.1, -0.05) is 0 Å². The van der Waals surface area contributed by atoms with Crippen LogP contribution in [-0.4, -0.2) is 18.1 Å². The lowest BCUT2D eigenvalue weighted by Gasteiger charge is -2.29. The Bertz CT molecular complexity index is 150. The second-order valence-electron chi connectivity index (χ2n) is 4.56. The van der Waals surface area contributed by atoms with E-state index in [2.05, 4.69) is 11.8 Å². The maximum Gasteiger partial charge on any atom is -0.00364 e. The van der Waals surface area contributed by atoms with Crippen molar-refractivity contribution in [2.45, 2.75) is 32.1 Å². The van der Waals surface area contributed by atoms with Gasteiger partial charge in [0.1, 0.15) is 0 Å². The monoisotopic (exact) mass is 199 g/mol. The minimum absolute atomic E-state index is 0.905. The van der Waals surface area contributed by atoms with Crippen LogP contribution in [0.15, 0.2) is 0 Å². The van der Waals surface area contributed by atoms with E-state index in [1.807, 2.05) is 0 Å². The number of hydrogen-bond donors (Lipinski definition) is 1. The van der Waals surface area contributed by atoms with Crippen LogP contribution < -0.4 is 5.73 Å². The van der Waals surface area contributed by atoms with Crippen molar-refractivity contribution < 1.29 is 0 Å². The SMILES string of the molecule is NCCC(C1CC1)C1CCCSC1. The lowest BCUT2D eigenvalue weighted by atomic mass is 9.83. The van der Waals surface area contributed by atoms with Crippen LogP contribution in [0.5, 0.6) is 0 Å². The van der Waals surface area contributed by atoms with Gasteiger partial charge in [0, 0.05) is 0 Å². The van der Waals surface area contributed by atoms with E-state index in [9.17, 15) is 0 Å². The topological polar surface area (TPSA) is 26.0 Å². The number of hydrogen-bond acceptors (Lipinski definition) is 2. The molecule has 1 saturated heterocycles. The third kappa shape index (κ3) is 2.63. The summed E-state index contributed by atoms with van der Waals surface area (Å²) in [4.78, 5) is 0. The van der Waals surface area contributed by atoms with E-state index in [-0.39, 0.29) is 0 Å². The molecular weight excluding hydrogens is 178 g/mol. The number of rotatable bonds is 4. The van der Waals surface area contributed by atoms with E-state index < -0.39 is 0 Å². The highest BCUT2D eigenvalue weighted by atomic mass is 32.2. The highest BCUT2D eigenvalue weighted by molar-refractivity contribution is 7.99. The Hall–Kier alpha value is 0.310. The van der Waals surface area contributed by atoms with Crippen molar-refractivity contribution >= 4 is 11.8 Å². The molecule has 2 atom stereocenters. The largest absolute Gasteiger partial charge is 0.330 e. The van der Waals surface area contributed by atoms with Gasteiger partial charge in [-0.2, -0.15) is 11.8 Å². The molecule has 0 radical (unpaired) electrons. The first-order chi connectivity index (χ1) is 6.42. The standard InChI is InChI=1S/C11H21NS/c12-6-5-11(9-3-4-9)10-2-1-7-13-8-10/h9-11H,1-8,12H2. The Balaban J connectivity index is 1.84. The molecule has 2 rings (SSSR count). The van der Waals surface area contributed by atoms with Crippen LogP contribution in [0, 0.1) is 17.8 Å². The fraction of sp³-hybridized carbons (Fsp3) is 1.00. The van der Waals surface area contributed by atoms with E-state index >= 15 is 0 Å². The molecule has 0 aromatic rings. The fourth-order valence-electron chi connectivity index (χ4n) is 2.68. The molecule has 1 heterocycles. The lowest BCUT2D eigenvalue weighted by molar-refractivity contribution is 0.285. The van der Waals surface area contributed by atoms with E-state index in [0.717, 1.165) is 24.3 Å². The van der Waals surface area contributed by atoms with Crippen molar-refractivity contribution in [2.24, 2.45) is 23.5 Å². The Morgan fingerprint density at radius 1 is 1.23 bits per heavy atom. The van der Waals surface area contributed by atoms with Gasteiger partial charge in [-0.3, -0.25) is 0 Å². The third-order valence-corrected chi connectivity index (χ3v) is 4.77. The van der Waals surface area contributed by atoms with Crippen LogP contribution in [0.25, 0.3) is 0 Å². The summed E-state index contributed by atoms with van der Waals surface area (Å²) < 4.78 is 0. The molecule has 0 bridgehead atoms. The molecule has 1 aliphatic heterocycles. The molecule has 2 unspecified atom stereocenters. The molecule has 76 valence electrons. The second-order valence-corrected chi connectivity index (χ2v) is 5.71. The fourth-order valence-corrected chi connectivity index (χ4v) is 3.93. The van der Waals surface area contributed by atoms with E-state index in [1.54, 1.807) is 0 Å². The summed E-state index contributed by atoms with van der Waals surface area (Å²) in [7, 11) is 0. The van der Waals surface area contributed by atoms with Crippen LogP contribution in [0.4, 0.5) is 0 Å². The van der Waals surface area contributed by atoms with Crippen LogP contribution in [-0.2, 0) is 0 Å². The van der Waals surface area contributed by atoms with Crippen molar-refractivity contribution in [2.75, 3.05) is 18.1 Å². The second kappa shape index (κ2) is 4.70. The van der Waals surface area contributed by atoms with Crippen LogP contribution in [0.2, 0.25) is 0 Å². The molecule has 13 heavy (non-hydrogen) atoms. The maximum absolute atomic E-state index is 5.69. The third-order valence-electron chi connectivity index (χ3n) is 3.53. The van der Waals surface area contributed by atoms with E-state index in [1.165, 1.54) is 43.6 Å². The van der Waals surface area contributed by atoms with Gasteiger partial charge in [0.15, 0.2) is 0 Å². The summed E-state index contributed by atoms with van der Waals surface area (Å²) in [5.74, 6) is 5.87. The molecule has 0 spiro atoms. The first-order valence-corrected chi connectivity index (χ1v) is 6.85.